The van der Waals surface area contributed by atoms with Crippen molar-refractivity contribution in [2.45, 2.75) is 52.4 Å². The van der Waals surface area contributed by atoms with Crippen LogP contribution in [0.25, 0.3) is 5.78 Å². The van der Waals surface area contributed by atoms with Crippen molar-refractivity contribution in [3.05, 3.63) is 23.8 Å². The fraction of sp³-hybridized carbons (Fsp3) is 0.615. The van der Waals surface area contributed by atoms with Crippen LogP contribution in [0, 0.1) is 6.92 Å². The number of fused-ring (bicyclic) bond motifs is 1. The normalized spacial score (nSPS) is 11.2. The summed E-state index contributed by atoms with van der Waals surface area (Å²) in [6.07, 6.45) is 9.28. The number of aromatic nitrogens is 4. The highest BCUT2D eigenvalue weighted by Gasteiger charge is 2.04. The predicted octanol–water partition coefficient (Wildman–Crippen LogP) is 2.95. The van der Waals surface area contributed by atoms with Crippen LogP contribution in [0.3, 0.4) is 0 Å². The van der Waals surface area contributed by atoms with E-state index in [1.807, 2.05) is 19.2 Å². The summed E-state index contributed by atoms with van der Waals surface area (Å²) in [6, 6.07) is 1.95. The van der Waals surface area contributed by atoms with Gasteiger partial charge in [-0.15, -0.1) is 5.10 Å². The first-order valence-electron chi connectivity index (χ1n) is 6.48. The third-order valence-corrected chi connectivity index (χ3v) is 2.89. The lowest BCUT2D eigenvalue weighted by Crippen LogP contribution is -1.91. The van der Waals surface area contributed by atoms with Gasteiger partial charge < -0.3 is 0 Å². The zero-order chi connectivity index (χ0) is 12.1. The Morgan fingerprint density at radius 1 is 1.12 bits per heavy atom. The highest BCUT2D eigenvalue weighted by atomic mass is 15.3. The molecule has 2 rings (SSSR count). The first kappa shape index (κ1) is 12.0. The molecule has 0 aliphatic rings. The summed E-state index contributed by atoms with van der Waals surface area (Å²) < 4.78 is 1.76. The summed E-state index contributed by atoms with van der Waals surface area (Å²) in [5.74, 6) is 1.63. The van der Waals surface area contributed by atoms with Gasteiger partial charge in [0.1, 0.15) is 0 Å². The van der Waals surface area contributed by atoms with Crippen LogP contribution in [0.1, 0.15) is 50.5 Å². The Kier molecular flexibility index (Phi) is 4.07. The zero-order valence-electron chi connectivity index (χ0n) is 10.7. The lowest BCUT2D eigenvalue weighted by Gasteiger charge is -1.96. The molecule has 0 aliphatic carbocycles. The average Bonchev–Trinajstić information content (AvgIpc) is 2.70. The standard InChI is InChI=1S/C13H20N4/c1-3-4-5-6-7-8-12-15-13-14-11(2)9-10-17(13)16-12/h9-10H,3-8H2,1-2H3. The Morgan fingerprint density at radius 2 is 1.94 bits per heavy atom. The molecule has 0 saturated heterocycles. The Hall–Kier alpha value is -1.45. The second kappa shape index (κ2) is 5.75. The van der Waals surface area contributed by atoms with E-state index in [1.54, 1.807) is 4.52 Å². The maximum Gasteiger partial charge on any atom is 0.252 e. The van der Waals surface area contributed by atoms with Gasteiger partial charge in [0, 0.05) is 18.3 Å². The molecule has 2 heterocycles. The summed E-state index contributed by atoms with van der Waals surface area (Å²) in [4.78, 5) is 8.78. The molecule has 2 aromatic heterocycles. The van der Waals surface area contributed by atoms with Crippen LogP contribution < -0.4 is 0 Å². The summed E-state index contributed by atoms with van der Waals surface area (Å²) in [6.45, 7) is 4.21. The molecule has 4 nitrogen and oxygen atoms in total. The van der Waals surface area contributed by atoms with Gasteiger partial charge in [0.05, 0.1) is 0 Å². The summed E-state index contributed by atoms with van der Waals surface area (Å²) >= 11 is 0. The van der Waals surface area contributed by atoms with Gasteiger partial charge in [-0.25, -0.2) is 9.50 Å². The van der Waals surface area contributed by atoms with E-state index in [0.717, 1.165) is 17.9 Å². The molecule has 0 bridgehead atoms. The van der Waals surface area contributed by atoms with Crippen molar-refractivity contribution >= 4 is 5.78 Å². The molecule has 0 amide bonds. The molecule has 0 aliphatic heterocycles. The maximum absolute atomic E-state index is 4.43. The van der Waals surface area contributed by atoms with E-state index in [4.69, 9.17) is 0 Å². The van der Waals surface area contributed by atoms with Crippen LogP contribution >= 0.6 is 0 Å². The summed E-state index contributed by atoms with van der Waals surface area (Å²) in [5, 5.41) is 4.41. The van der Waals surface area contributed by atoms with Crippen LogP contribution in [-0.2, 0) is 6.42 Å². The topological polar surface area (TPSA) is 43.1 Å². The molecule has 17 heavy (non-hydrogen) atoms. The van der Waals surface area contributed by atoms with Crippen molar-refractivity contribution in [3.63, 3.8) is 0 Å². The lowest BCUT2D eigenvalue weighted by atomic mass is 10.1. The highest BCUT2D eigenvalue weighted by molar-refractivity contribution is 5.27. The maximum atomic E-state index is 4.43. The molecule has 0 saturated carbocycles. The molecule has 4 heteroatoms. The average molecular weight is 232 g/mol. The number of rotatable bonds is 6. The predicted molar refractivity (Wildman–Crippen MR) is 68.0 cm³/mol. The molecule has 0 spiro atoms. The van der Waals surface area contributed by atoms with Crippen molar-refractivity contribution in [3.8, 4) is 0 Å². The first-order valence-corrected chi connectivity index (χ1v) is 6.48. The lowest BCUT2D eigenvalue weighted by molar-refractivity contribution is 0.622. The minimum Gasteiger partial charge on any atom is -0.216 e. The molecule has 92 valence electrons. The summed E-state index contributed by atoms with van der Waals surface area (Å²) in [5.41, 5.74) is 0.986. The third-order valence-electron chi connectivity index (χ3n) is 2.89. The first-order chi connectivity index (χ1) is 8.29. The van der Waals surface area contributed by atoms with Crippen molar-refractivity contribution in [1.29, 1.82) is 0 Å². The fourth-order valence-corrected chi connectivity index (χ4v) is 1.90. The monoisotopic (exact) mass is 232 g/mol. The van der Waals surface area contributed by atoms with Crippen LogP contribution in [0.15, 0.2) is 12.3 Å². The molecule has 0 aromatic carbocycles. The van der Waals surface area contributed by atoms with Crippen molar-refractivity contribution in [2.75, 3.05) is 0 Å². The Labute approximate surface area is 102 Å². The van der Waals surface area contributed by atoms with Gasteiger partial charge in [-0.05, 0) is 19.4 Å². The van der Waals surface area contributed by atoms with Crippen LogP contribution in [0.4, 0.5) is 0 Å². The number of aryl methyl sites for hydroxylation is 2. The van der Waals surface area contributed by atoms with Crippen molar-refractivity contribution < 1.29 is 0 Å². The second-order valence-electron chi connectivity index (χ2n) is 4.51. The number of hydrogen-bond donors (Lipinski definition) is 0. The minimum atomic E-state index is 0.716. The van der Waals surface area contributed by atoms with E-state index in [-0.39, 0.29) is 0 Å². The quantitative estimate of drug-likeness (QED) is 0.719. The molecule has 0 unspecified atom stereocenters. The number of hydrogen-bond acceptors (Lipinski definition) is 3. The Balaban J connectivity index is 1.91. The van der Waals surface area contributed by atoms with E-state index >= 15 is 0 Å². The fourth-order valence-electron chi connectivity index (χ4n) is 1.90. The van der Waals surface area contributed by atoms with E-state index in [2.05, 4.69) is 22.0 Å². The van der Waals surface area contributed by atoms with Crippen molar-refractivity contribution in [1.82, 2.24) is 19.6 Å². The second-order valence-corrected chi connectivity index (χ2v) is 4.51. The van der Waals surface area contributed by atoms with E-state index in [9.17, 15) is 0 Å². The summed E-state index contributed by atoms with van der Waals surface area (Å²) in [7, 11) is 0. The van der Waals surface area contributed by atoms with Gasteiger partial charge in [0.15, 0.2) is 5.82 Å². The van der Waals surface area contributed by atoms with E-state index < -0.39 is 0 Å². The smallest absolute Gasteiger partial charge is 0.216 e. The van der Waals surface area contributed by atoms with Crippen LogP contribution in [0.2, 0.25) is 0 Å². The van der Waals surface area contributed by atoms with Gasteiger partial charge in [-0.2, -0.15) is 4.98 Å². The van der Waals surface area contributed by atoms with Crippen LogP contribution in [0.5, 0.6) is 0 Å². The molecule has 0 atom stereocenters. The largest absolute Gasteiger partial charge is 0.252 e. The molecular weight excluding hydrogens is 212 g/mol. The van der Waals surface area contributed by atoms with Gasteiger partial charge in [0.2, 0.25) is 0 Å². The SMILES string of the molecule is CCCCCCCc1nc2nc(C)ccn2n1. The zero-order valence-corrected chi connectivity index (χ0v) is 10.7. The van der Waals surface area contributed by atoms with Gasteiger partial charge in [-0.1, -0.05) is 32.6 Å². The molecular formula is C13H20N4. The Bertz CT molecular complexity index is 475. The van der Waals surface area contributed by atoms with Crippen LogP contribution in [-0.4, -0.2) is 19.6 Å². The van der Waals surface area contributed by atoms with E-state index in [1.165, 1.54) is 32.1 Å². The molecule has 0 N–H and O–H groups in total. The van der Waals surface area contributed by atoms with Gasteiger partial charge >= 0.3 is 0 Å². The Morgan fingerprint density at radius 3 is 2.76 bits per heavy atom. The van der Waals surface area contributed by atoms with Gasteiger partial charge in [-0.3, -0.25) is 0 Å². The third kappa shape index (κ3) is 3.25. The highest BCUT2D eigenvalue weighted by Crippen LogP contribution is 2.07. The molecule has 2 aromatic rings. The van der Waals surface area contributed by atoms with E-state index in [0.29, 0.717) is 5.78 Å². The van der Waals surface area contributed by atoms with Crippen molar-refractivity contribution in [2.24, 2.45) is 0 Å². The number of unbranched alkanes of at least 4 members (excludes halogenated alkanes) is 4. The molecule has 0 fully saturated rings. The minimum absolute atomic E-state index is 0.716. The number of nitrogens with zero attached hydrogens (tertiary/aromatic N) is 4. The van der Waals surface area contributed by atoms with Gasteiger partial charge in [0.25, 0.3) is 5.78 Å². The molecule has 0 radical (unpaired) electrons.